The van der Waals surface area contributed by atoms with Crippen LogP contribution in [0.25, 0.3) is 0 Å². The van der Waals surface area contributed by atoms with Gasteiger partial charge < -0.3 is 10.5 Å². The molecule has 2 nitrogen and oxygen atoms in total. The minimum atomic E-state index is -0.459. The maximum atomic E-state index is 5.98. The molecule has 78 valence electrons. The Morgan fingerprint density at radius 3 is 1.93 bits per heavy atom. The van der Waals surface area contributed by atoms with E-state index < -0.39 is 5.54 Å². The van der Waals surface area contributed by atoms with Crippen LogP contribution in [-0.4, -0.2) is 7.11 Å². The van der Waals surface area contributed by atoms with Gasteiger partial charge in [-0.25, -0.2) is 0 Å². The predicted molar refractivity (Wildman–Crippen MR) is 60.2 cm³/mol. The van der Waals surface area contributed by atoms with Gasteiger partial charge in [-0.3, -0.25) is 0 Å². The zero-order valence-electron chi connectivity index (χ0n) is 8.40. The highest BCUT2D eigenvalue weighted by Gasteiger charge is 2.18. The highest BCUT2D eigenvalue weighted by Crippen LogP contribution is 2.36. The SMILES string of the molecule is COc1c(Cl)cc(C(C)(C)N)cc1Cl. The Hall–Kier alpha value is -0.440. The molecule has 0 fully saturated rings. The maximum Gasteiger partial charge on any atom is 0.156 e. The molecule has 14 heavy (non-hydrogen) atoms. The van der Waals surface area contributed by atoms with Gasteiger partial charge in [-0.15, -0.1) is 0 Å². The summed E-state index contributed by atoms with van der Waals surface area (Å²) in [6, 6.07) is 3.54. The molecule has 1 aromatic rings. The first-order chi connectivity index (χ1) is 6.36. The van der Waals surface area contributed by atoms with E-state index in [2.05, 4.69) is 0 Å². The second-order valence-electron chi connectivity index (χ2n) is 3.69. The van der Waals surface area contributed by atoms with Crippen molar-refractivity contribution in [1.29, 1.82) is 0 Å². The fourth-order valence-corrected chi connectivity index (χ4v) is 1.77. The Labute approximate surface area is 94.0 Å². The van der Waals surface area contributed by atoms with Crippen molar-refractivity contribution in [3.63, 3.8) is 0 Å². The van der Waals surface area contributed by atoms with Crippen LogP contribution in [0.3, 0.4) is 0 Å². The van der Waals surface area contributed by atoms with Crippen LogP contribution < -0.4 is 10.5 Å². The zero-order valence-corrected chi connectivity index (χ0v) is 9.91. The molecular formula is C10H13Cl2NO. The average molecular weight is 234 g/mol. The van der Waals surface area contributed by atoms with Gasteiger partial charge in [0.25, 0.3) is 0 Å². The molecule has 0 aliphatic heterocycles. The Bertz CT molecular complexity index is 321. The van der Waals surface area contributed by atoms with Gasteiger partial charge in [0.1, 0.15) is 0 Å². The van der Waals surface area contributed by atoms with Crippen LogP contribution in [0.4, 0.5) is 0 Å². The zero-order chi connectivity index (χ0) is 10.9. The summed E-state index contributed by atoms with van der Waals surface area (Å²) in [7, 11) is 1.53. The molecule has 0 saturated heterocycles. The minimum Gasteiger partial charge on any atom is -0.494 e. The van der Waals surface area contributed by atoms with Crippen molar-refractivity contribution < 1.29 is 4.74 Å². The fraction of sp³-hybridized carbons (Fsp3) is 0.400. The molecule has 1 rings (SSSR count). The lowest BCUT2D eigenvalue weighted by atomic mass is 9.96. The predicted octanol–water partition coefficient (Wildman–Crippen LogP) is 3.20. The summed E-state index contributed by atoms with van der Waals surface area (Å²) >= 11 is 12.0. The molecule has 0 amide bonds. The fourth-order valence-electron chi connectivity index (χ4n) is 1.13. The monoisotopic (exact) mass is 233 g/mol. The van der Waals surface area contributed by atoms with Crippen LogP contribution in [0.15, 0.2) is 12.1 Å². The number of ether oxygens (including phenoxy) is 1. The average Bonchev–Trinajstić information content (AvgIpc) is 2.01. The largest absolute Gasteiger partial charge is 0.494 e. The molecule has 0 atom stereocenters. The summed E-state index contributed by atoms with van der Waals surface area (Å²) in [6.07, 6.45) is 0. The van der Waals surface area contributed by atoms with E-state index in [-0.39, 0.29) is 0 Å². The van der Waals surface area contributed by atoms with E-state index in [4.69, 9.17) is 33.7 Å². The summed E-state index contributed by atoms with van der Waals surface area (Å²) in [5.74, 6) is 0.487. The molecule has 1 aromatic carbocycles. The highest BCUT2D eigenvalue weighted by molar-refractivity contribution is 6.37. The number of methoxy groups -OCH3 is 1. The third-order valence-electron chi connectivity index (χ3n) is 1.95. The molecule has 2 N–H and O–H groups in total. The van der Waals surface area contributed by atoms with E-state index in [1.165, 1.54) is 7.11 Å². The topological polar surface area (TPSA) is 35.2 Å². The van der Waals surface area contributed by atoms with E-state index in [0.29, 0.717) is 15.8 Å². The first-order valence-electron chi connectivity index (χ1n) is 4.18. The van der Waals surface area contributed by atoms with Crippen molar-refractivity contribution in [2.45, 2.75) is 19.4 Å². The summed E-state index contributed by atoms with van der Waals surface area (Å²) in [5, 5.41) is 0.960. The van der Waals surface area contributed by atoms with E-state index in [1.807, 2.05) is 13.8 Å². The van der Waals surface area contributed by atoms with Crippen LogP contribution in [0, 0.1) is 0 Å². The highest BCUT2D eigenvalue weighted by atomic mass is 35.5. The molecule has 0 spiro atoms. The summed E-state index contributed by atoms with van der Waals surface area (Å²) < 4.78 is 5.04. The lowest BCUT2D eigenvalue weighted by molar-refractivity contribution is 0.414. The van der Waals surface area contributed by atoms with Crippen LogP contribution in [0.2, 0.25) is 10.0 Å². The Morgan fingerprint density at radius 1 is 1.21 bits per heavy atom. The summed E-state index contributed by atoms with van der Waals surface area (Å²) in [5.41, 5.74) is 6.35. The molecular weight excluding hydrogens is 221 g/mol. The molecule has 0 bridgehead atoms. The van der Waals surface area contributed by atoms with Crippen molar-refractivity contribution in [2.75, 3.05) is 7.11 Å². The second-order valence-corrected chi connectivity index (χ2v) is 4.51. The quantitative estimate of drug-likeness (QED) is 0.852. The van der Waals surface area contributed by atoms with Crippen molar-refractivity contribution in [1.82, 2.24) is 0 Å². The molecule has 0 unspecified atom stereocenters. The molecule has 0 saturated carbocycles. The minimum absolute atomic E-state index is 0.459. The van der Waals surface area contributed by atoms with Gasteiger partial charge in [0.05, 0.1) is 17.2 Å². The van der Waals surface area contributed by atoms with Crippen molar-refractivity contribution >= 4 is 23.2 Å². The second kappa shape index (κ2) is 3.97. The number of nitrogens with two attached hydrogens (primary N) is 1. The van der Waals surface area contributed by atoms with Crippen molar-refractivity contribution in [2.24, 2.45) is 5.73 Å². The molecule has 0 aromatic heterocycles. The van der Waals surface area contributed by atoms with Gasteiger partial charge in [-0.2, -0.15) is 0 Å². The first-order valence-corrected chi connectivity index (χ1v) is 4.94. The summed E-state index contributed by atoms with van der Waals surface area (Å²) in [4.78, 5) is 0. The molecule has 0 heterocycles. The Kier molecular flexibility index (Phi) is 3.30. The number of halogens is 2. The maximum absolute atomic E-state index is 5.98. The van der Waals surface area contributed by atoms with Crippen LogP contribution >= 0.6 is 23.2 Å². The number of hydrogen-bond donors (Lipinski definition) is 1. The van der Waals surface area contributed by atoms with E-state index in [9.17, 15) is 0 Å². The van der Waals surface area contributed by atoms with Gasteiger partial charge in [0, 0.05) is 5.54 Å². The van der Waals surface area contributed by atoms with Crippen LogP contribution in [0.5, 0.6) is 5.75 Å². The Balaban J connectivity index is 3.28. The van der Waals surface area contributed by atoms with E-state index in [0.717, 1.165) is 5.56 Å². The summed E-state index contributed by atoms with van der Waals surface area (Å²) in [6.45, 7) is 3.78. The van der Waals surface area contributed by atoms with Gasteiger partial charge in [0.2, 0.25) is 0 Å². The van der Waals surface area contributed by atoms with Crippen LogP contribution in [-0.2, 0) is 5.54 Å². The smallest absolute Gasteiger partial charge is 0.156 e. The number of benzene rings is 1. The standard InChI is InChI=1S/C10H13Cl2NO/c1-10(2,13)6-4-7(11)9(14-3)8(12)5-6/h4-5H,13H2,1-3H3. The number of rotatable bonds is 2. The molecule has 4 heteroatoms. The van der Waals surface area contributed by atoms with Gasteiger partial charge in [0.15, 0.2) is 5.75 Å². The third-order valence-corrected chi connectivity index (χ3v) is 2.51. The Morgan fingerprint density at radius 2 is 1.64 bits per heavy atom. The molecule has 0 aliphatic carbocycles. The van der Waals surface area contributed by atoms with Gasteiger partial charge >= 0.3 is 0 Å². The lowest BCUT2D eigenvalue weighted by Crippen LogP contribution is -2.28. The van der Waals surface area contributed by atoms with Gasteiger partial charge in [-0.05, 0) is 31.5 Å². The third kappa shape index (κ3) is 2.32. The number of hydrogen-bond acceptors (Lipinski definition) is 2. The molecule has 0 aliphatic rings. The van der Waals surface area contributed by atoms with Crippen molar-refractivity contribution in [3.05, 3.63) is 27.7 Å². The van der Waals surface area contributed by atoms with Crippen LogP contribution in [0.1, 0.15) is 19.4 Å². The lowest BCUT2D eigenvalue weighted by Gasteiger charge is -2.20. The first kappa shape index (κ1) is 11.6. The van der Waals surface area contributed by atoms with Gasteiger partial charge in [-0.1, -0.05) is 23.2 Å². The van der Waals surface area contributed by atoms with E-state index in [1.54, 1.807) is 12.1 Å². The van der Waals surface area contributed by atoms with E-state index >= 15 is 0 Å². The van der Waals surface area contributed by atoms with Crippen molar-refractivity contribution in [3.8, 4) is 5.75 Å². The normalized spacial score (nSPS) is 11.6. The molecule has 0 radical (unpaired) electrons.